The fourth-order valence-corrected chi connectivity index (χ4v) is 4.42. The molecule has 1 atom stereocenters. The average molecular weight is 496 g/mol. The molecule has 1 saturated heterocycles. The number of nitrogens with one attached hydrogen (secondary N) is 2. The molecule has 3 aromatic carbocycles. The monoisotopic (exact) mass is 495 g/mol. The van der Waals surface area contributed by atoms with Crippen LogP contribution in [0.15, 0.2) is 89.7 Å². The molecule has 9 heteroatoms. The molecule has 4 amide bonds. The minimum absolute atomic E-state index is 0.0652. The summed E-state index contributed by atoms with van der Waals surface area (Å²) in [5, 5.41) is 8.34. The van der Waals surface area contributed by atoms with E-state index in [0.717, 1.165) is 11.1 Å². The third-order valence-corrected chi connectivity index (χ3v) is 6.49. The number of hydrogen-bond donors (Lipinski definition) is 2. The van der Waals surface area contributed by atoms with E-state index in [1.807, 2.05) is 60.7 Å². The van der Waals surface area contributed by atoms with Crippen LogP contribution in [-0.2, 0) is 17.8 Å². The van der Waals surface area contributed by atoms with E-state index in [9.17, 15) is 19.2 Å². The zero-order valence-corrected chi connectivity index (χ0v) is 20.2. The largest absolute Gasteiger partial charge is 0.344 e. The second-order valence-corrected chi connectivity index (χ2v) is 9.17. The topological polar surface area (TPSA) is 113 Å². The van der Waals surface area contributed by atoms with Crippen LogP contribution in [0.4, 0.5) is 4.79 Å². The number of nitrogens with zero attached hydrogens (tertiary/aromatic N) is 3. The van der Waals surface area contributed by atoms with E-state index in [0.29, 0.717) is 28.6 Å². The van der Waals surface area contributed by atoms with Crippen LogP contribution in [0.3, 0.4) is 0 Å². The van der Waals surface area contributed by atoms with Crippen molar-refractivity contribution in [2.75, 3.05) is 0 Å². The van der Waals surface area contributed by atoms with Crippen molar-refractivity contribution < 1.29 is 14.4 Å². The van der Waals surface area contributed by atoms with Crippen LogP contribution in [-0.4, -0.2) is 38.2 Å². The molecule has 9 nitrogen and oxygen atoms in total. The standard InChI is InChI=1S/C28H25N5O4/c1-28(17-16-19-10-4-2-5-11-19)26(36)33(27(37)29-28)31-24(34)23-21-14-8-9-15-22(21)25(35)32(30-23)18-20-12-6-3-7-13-20/h2-15H,16-18H2,1H3,(H,29,37)(H,31,34)/t28-/m1/s1. The molecule has 0 bridgehead atoms. The number of hydrogen-bond acceptors (Lipinski definition) is 5. The van der Waals surface area contributed by atoms with Crippen molar-refractivity contribution in [3.63, 3.8) is 0 Å². The third kappa shape index (κ3) is 4.71. The van der Waals surface area contributed by atoms with Crippen LogP contribution >= 0.6 is 0 Å². The van der Waals surface area contributed by atoms with Gasteiger partial charge < -0.3 is 5.32 Å². The summed E-state index contributed by atoms with van der Waals surface area (Å²) in [4.78, 5) is 52.3. The maximum absolute atomic E-state index is 13.3. The first kappa shape index (κ1) is 23.9. The Labute approximate surface area is 212 Å². The number of carbonyl (C=O) groups is 3. The van der Waals surface area contributed by atoms with Gasteiger partial charge in [-0.1, -0.05) is 78.9 Å². The Hall–Kier alpha value is -4.79. The molecule has 186 valence electrons. The lowest BCUT2D eigenvalue weighted by molar-refractivity contribution is -0.132. The SMILES string of the molecule is C[C@]1(CCc2ccccc2)NC(=O)N(NC(=O)c2nn(Cc3ccccc3)c(=O)c3ccccc23)C1=O. The van der Waals surface area contributed by atoms with E-state index < -0.39 is 23.4 Å². The summed E-state index contributed by atoms with van der Waals surface area (Å²) >= 11 is 0. The molecule has 37 heavy (non-hydrogen) atoms. The lowest BCUT2D eigenvalue weighted by Gasteiger charge is -2.21. The Balaban J connectivity index is 1.41. The zero-order chi connectivity index (χ0) is 26.0. The summed E-state index contributed by atoms with van der Waals surface area (Å²) in [7, 11) is 0. The summed E-state index contributed by atoms with van der Waals surface area (Å²) in [5.41, 5.74) is 2.68. The molecule has 1 aliphatic rings. The number of imide groups is 1. The first-order valence-electron chi connectivity index (χ1n) is 11.9. The number of benzene rings is 3. The smallest absolute Gasteiger partial charge is 0.322 e. The highest BCUT2D eigenvalue weighted by Gasteiger charge is 2.48. The summed E-state index contributed by atoms with van der Waals surface area (Å²) in [6.07, 6.45) is 0.929. The number of amides is 4. The van der Waals surface area contributed by atoms with Gasteiger partial charge in [0, 0.05) is 5.39 Å². The molecule has 0 saturated carbocycles. The van der Waals surface area contributed by atoms with Gasteiger partial charge in [0.1, 0.15) is 5.54 Å². The van der Waals surface area contributed by atoms with E-state index in [2.05, 4.69) is 15.8 Å². The number of hydrazine groups is 1. The van der Waals surface area contributed by atoms with Crippen molar-refractivity contribution in [2.45, 2.75) is 31.8 Å². The van der Waals surface area contributed by atoms with Crippen LogP contribution in [0.1, 0.15) is 35.0 Å². The van der Waals surface area contributed by atoms with Crippen molar-refractivity contribution in [1.29, 1.82) is 0 Å². The van der Waals surface area contributed by atoms with Crippen molar-refractivity contribution >= 4 is 28.6 Å². The number of aryl methyl sites for hydroxylation is 1. The molecular formula is C28H25N5O4. The van der Waals surface area contributed by atoms with Crippen LogP contribution in [0.2, 0.25) is 0 Å². The maximum atomic E-state index is 13.3. The van der Waals surface area contributed by atoms with E-state index >= 15 is 0 Å². The van der Waals surface area contributed by atoms with Gasteiger partial charge in [0.05, 0.1) is 11.9 Å². The second-order valence-electron chi connectivity index (χ2n) is 9.17. The highest BCUT2D eigenvalue weighted by molar-refractivity contribution is 6.11. The van der Waals surface area contributed by atoms with Gasteiger partial charge in [0.25, 0.3) is 17.4 Å². The molecule has 5 rings (SSSR count). The lowest BCUT2D eigenvalue weighted by Crippen LogP contribution is -2.49. The Bertz CT molecular complexity index is 1550. The van der Waals surface area contributed by atoms with Crippen molar-refractivity contribution in [1.82, 2.24) is 25.5 Å². The van der Waals surface area contributed by atoms with E-state index in [-0.39, 0.29) is 17.8 Å². The van der Waals surface area contributed by atoms with Crippen LogP contribution in [0, 0.1) is 0 Å². The molecule has 1 aromatic heterocycles. The van der Waals surface area contributed by atoms with Gasteiger partial charge in [0.2, 0.25) is 0 Å². The Morgan fingerprint density at radius 1 is 0.865 bits per heavy atom. The van der Waals surface area contributed by atoms with Crippen LogP contribution in [0.25, 0.3) is 10.8 Å². The average Bonchev–Trinajstić information content (AvgIpc) is 3.13. The van der Waals surface area contributed by atoms with Crippen molar-refractivity contribution in [2.24, 2.45) is 0 Å². The quantitative estimate of drug-likeness (QED) is 0.383. The van der Waals surface area contributed by atoms with E-state index in [4.69, 9.17) is 0 Å². The van der Waals surface area contributed by atoms with Gasteiger partial charge in [-0.25, -0.2) is 9.48 Å². The fraction of sp³-hybridized carbons (Fsp3) is 0.179. The van der Waals surface area contributed by atoms with Gasteiger partial charge in [-0.05, 0) is 37.0 Å². The Kier molecular flexibility index (Phi) is 6.27. The van der Waals surface area contributed by atoms with Gasteiger partial charge in [0.15, 0.2) is 5.69 Å². The molecule has 1 aliphatic heterocycles. The molecule has 0 radical (unpaired) electrons. The second kappa shape index (κ2) is 9.69. The lowest BCUT2D eigenvalue weighted by atomic mass is 9.93. The Morgan fingerprint density at radius 2 is 1.46 bits per heavy atom. The highest BCUT2D eigenvalue weighted by Crippen LogP contribution is 2.23. The highest BCUT2D eigenvalue weighted by atomic mass is 16.2. The first-order chi connectivity index (χ1) is 17.9. The van der Waals surface area contributed by atoms with Crippen LogP contribution < -0.4 is 16.3 Å². The van der Waals surface area contributed by atoms with Crippen molar-refractivity contribution in [3.8, 4) is 0 Å². The van der Waals surface area contributed by atoms with Gasteiger partial charge in [-0.3, -0.25) is 19.8 Å². The summed E-state index contributed by atoms with van der Waals surface area (Å²) < 4.78 is 1.21. The molecule has 4 aromatic rings. The number of rotatable bonds is 7. The van der Waals surface area contributed by atoms with Gasteiger partial charge in [-0.15, -0.1) is 0 Å². The number of urea groups is 1. The molecule has 1 fully saturated rings. The summed E-state index contributed by atoms with van der Waals surface area (Å²) in [6.45, 7) is 1.79. The molecular weight excluding hydrogens is 470 g/mol. The van der Waals surface area contributed by atoms with Gasteiger partial charge in [-0.2, -0.15) is 10.1 Å². The predicted molar refractivity (Wildman–Crippen MR) is 138 cm³/mol. The molecule has 2 N–H and O–H groups in total. The zero-order valence-electron chi connectivity index (χ0n) is 20.2. The number of aromatic nitrogens is 2. The molecule has 2 heterocycles. The predicted octanol–water partition coefficient (Wildman–Crippen LogP) is 3.03. The molecule has 0 spiro atoms. The minimum Gasteiger partial charge on any atom is -0.322 e. The minimum atomic E-state index is -1.18. The van der Waals surface area contributed by atoms with Crippen molar-refractivity contribution in [3.05, 3.63) is 112 Å². The number of carbonyl (C=O) groups excluding carboxylic acids is 3. The molecule has 0 unspecified atom stereocenters. The summed E-state index contributed by atoms with van der Waals surface area (Å²) in [5.74, 6) is -1.34. The number of fused-ring (bicyclic) bond motifs is 1. The van der Waals surface area contributed by atoms with E-state index in [1.165, 1.54) is 4.68 Å². The third-order valence-electron chi connectivity index (χ3n) is 6.49. The fourth-order valence-electron chi connectivity index (χ4n) is 4.42. The maximum Gasteiger partial charge on any atom is 0.344 e. The summed E-state index contributed by atoms with van der Waals surface area (Å²) in [6, 6.07) is 24.8. The van der Waals surface area contributed by atoms with Gasteiger partial charge >= 0.3 is 6.03 Å². The van der Waals surface area contributed by atoms with Crippen LogP contribution in [0.5, 0.6) is 0 Å². The molecule has 0 aliphatic carbocycles. The first-order valence-corrected chi connectivity index (χ1v) is 11.9. The van der Waals surface area contributed by atoms with E-state index in [1.54, 1.807) is 31.2 Å². The normalized spacial score (nSPS) is 17.2. The Morgan fingerprint density at radius 3 is 2.14 bits per heavy atom.